The van der Waals surface area contributed by atoms with Crippen molar-refractivity contribution in [3.63, 3.8) is 0 Å². The van der Waals surface area contributed by atoms with E-state index >= 15 is 0 Å². The fourth-order valence-corrected chi connectivity index (χ4v) is 6.01. The first-order valence-electron chi connectivity index (χ1n) is 19.6. The number of hydrogen-bond acceptors (Lipinski definition) is 6. The third-order valence-electron chi connectivity index (χ3n) is 9.20. The first kappa shape index (κ1) is 40.5. The molecule has 6 heteroatoms. The van der Waals surface area contributed by atoms with Gasteiger partial charge in [0, 0.05) is 12.8 Å². The third kappa shape index (κ3) is 23.6. The number of carbonyl (C=O) groups excluding carboxylic acids is 2. The number of esters is 2. The lowest BCUT2D eigenvalue weighted by Crippen LogP contribution is -2.08. The standard InChI is InChI=1S/C40H70O6/c1-3-5-19-27-35-37(45-35)29-21-15-11-7-9-13-17-23-31-39(41)43-33-25-26-34-44-40(42)32-24-18-14-10-8-12-16-22-30-38-36(46-38)28-20-6-4-2/h15-16,21-22,35-38H,3-14,17-20,23-34H2,1-2H3. The minimum absolute atomic E-state index is 0.106. The number of rotatable bonds is 33. The van der Waals surface area contributed by atoms with Crippen LogP contribution in [0, 0.1) is 0 Å². The Hall–Kier alpha value is -1.66. The van der Waals surface area contributed by atoms with Crippen molar-refractivity contribution < 1.29 is 28.5 Å². The molecule has 46 heavy (non-hydrogen) atoms. The highest BCUT2D eigenvalue weighted by molar-refractivity contribution is 5.69. The van der Waals surface area contributed by atoms with E-state index in [1.807, 2.05) is 0 Å². The zero-order valence-corrected chi connectivity index (χ0v) is 29.9. The van der Waals surface area contributed by atoms with Crippen LogP contribution in [0.3, 0.4) is 0 Å². The van der Waals surface area contributed by atoms with Crippen molar-refractivity contribution in [3.05, 3.63) is 24.3 Å². The summed E-state index contributed by atoms with van der Waals surface area (Å²) in [7, 11) is 0. The minimum atomic E-state index is -0.106. The number of epoxide rings is 2. The van der Waals surface area contributed by atoms with Crippen LogP contribution >= 0.6 is 0 Å². The van der Waals surface area contributed by atoms with E-state index in [-0.39, 0.29) is 11.9 Å². The Labute approximate surface area is 282 Å². The fourth-order valence-electron chi connectivity index (χ4n) is 6.01. The average Bonchev–Trinajstić information content (AvgIpc) is 3.98. The molecule has 0 amide bonds. The molecule has 2 rings (SSSR count). The molecule has 0 aliphatic carbocycles. The van der Waals surface area contributed by atoms with Crippen LogP contribution in [0.25, 0.3) is 0 Å². The van der Waals surface area contributed by atoms with Gasteiger partial charge in [-0.1, -0.05) is 115 Å². The number of hydrogen-bond donors (Lipinski definition) is 0. The molecule has 0 saturated carbocycles. The summed E-state index contributed by atoms with van der Waals surface area (Å²) < 4.78 is 22.2. The van der Waals surface area contributed by atoms with Crippen molar-refractivity contribution in [2.24, 2.45) is 0 Å². The van der Waals surface area contributed by atoms with E-state index in [9.17, 15) is 9.59 Å². The first-order chi connectivity index (χ1) is 22.6. The van der Waals surface area contributed by atoms with Gasteiger partial charge in [-0.15, -0.1) is 0 Å². The van der Waals surface area contributed by atoms with Crippen molar-refractivity contribution in [2.45, 2.75) is 205 Å². The molecule has 2 saturated heterocycles. The highest BCUT2D eigenvalue weighted by Gasteiger charge is 2.37. The SMILES string of the molecule is CCCCCC1OC1CC=CCCCCCCCC(=O)OCCCCOC(=O)CCCCCCCC=CCC1OC1CCCCC. The van der Waals surface area contributed by atoms with Gasteiger partial charge in [-0.25, -0.2) is 0 Å². The fraction of sp³-hybridized carbons (Fsp3) is 0.850. The van der Waals surface area contributed by atoms with E-state index in [0.717, 1.165) is 64.2 Å². The van der Waals surface area contributed by atoms with Gasteiger partial charge >= 0.3 is 11.9 Å². The molecule has 0 radical (unpaired) electrons. The zero-order valence-electron chi connectivity index (χ0n) is 29.9. The van der Waals surface area contributed by atoms with Gasteiger partial charge in [0.25, 0.3) is 0 Å². The molecule has 2 aliphatic heterocycles. The van der Waals surface area contributed by atoms with Crippen LogP contribution in [0.4, 0.5) is 0 Å². The summed E-state index contributed by atoms with van der Waals surface area (Å²) in [6, 6.07) is 0. The lowest BCUT2D eigenvalue weighted by Gasteiger charge is -2.06. The van der Waals surface area contributed by atoms with Gasteiger partial charge in [-0.2, -0.15) is 0 Å². The second-order valence-electron chi connectivity index (χ2n) is 13.6. The minimum Gasteiger partial charge on any atom is -0.466 e. The maximum absolute atomic E-state index is 11.9. The average molecular weight is 647 g/mol. The Balaban J connectivity index is 1.23. The second kappa shape index (κ2) is 28.4. The summed E-state index contributed by atoms with van der Waals surface area (Å²) in [6.07, 6.45) is 39.5. The normalized spacial score (nSPS) is 20.5. The van der Waals surface area contributed by atoms with Crippen molar-refractivity contribution in [2.75, 3.05) is 13.2 Å². The van der Waals surface area contributed by atoms with Gasteiger partial charge in [0.1, 0.15) is 0 Å². The Kier molecular flexibility index (Phi) is 25.0. The predicted molar refractivity (Wildman–Crippen MR) is 189 cm³/mol. The van der Waals surface area contributed by atoms with E-state index in [0.29, 0.717) is 50.5 Å². The summed E-state index contributed by atoms with van der Waals surface area (Å²) in [6.45, 7) is 5.32. The lowest BCUT2D eigenvalue weighted by molar-refractivity contribution is -0.146. The summed E-state index contributed by atoms with van der Waals surface area (Å²) in [5.41, 5.74) is 0. The lowest BCUT2D eigenvalue weighted by atomic mass is 10.1. The Bertz CT molecular complexity index is 742. The number of ether oxygens (including phenoxy) is 4. The highest BCUT2D eigenvalue weighted by atomic mass is 16.6. The van der Waals surface area contributed by atoms with Crippen LogP contribution in [-0.4, -0.2) is 49.6 Å². The molecular formula is C40H70O6. The van der Waals surface area contributed by atoms with Gasteiger partial charge in [0.05, 0.1) is 37.6 Å². The van der Waals surface area contributed by atoms with Crippen LogP contribution in [0.2, 0.25) is 0 Å². The molecule has 4 unspecified atom stereocenters. The molecular weight excluding hydrogens is 576 g/mol. The molecule has 2 fully saturated rings. The van der Waals surface area contributed by atoms with Gasteiger partial charge in [-0.05, 0) is 77.0 Å². The molecule has 0 N–H and O–H groups in total. The number of allylic oxidation sites excluding steroid dienone is 2. The molecule has 0 aromatic heterocycles. The molecule has 6 nitrogen and oxygen atoms in total. The van der Waals surface area contributed by atoms with Crippen molar-refractivity contribution >= 4 is 11.9 Å². The molecule has 4 atom stereocenters. The van der Waals surface area contributed by atoms with Crippen LogP contribution in [-0.2, 0) is 28.5 Å². The van der Waals surface area contributed by atoms with E-state index in [4.69, 9.17) is 18.9 Å². The third-order valence-corrected chi connectivity index (χ3v) is 9.20. The van der Waals surface area contributed by atoms with Crippen molar-refractivity contribution in [1.82, 2.24) is 0 Å². The van der Waals surface area contributed by atoms with Crippen LogP contribution in [0.5, 0.6) is 0 Å². The van der Waals surface area contributed by atoms with E-state index in [2.05, 4.69) is 38.2 Å². The topological polar surface area (TPSA) is 77.7 Å². The maximum atomic E-state index is 11.9. The van der Waals surface area contributed by atoms with Crippen molar-refractivity contribution in [1.29, 1.82) is 0 Å². The molecule has 0 aromatic rings. The smallest absolute Gasteiger partial charge is 0.305 e. The molecule has 266 valence electrons. The van der Waals surface area contributed by atoms with Gasteiger partial charge in [-0.3, -0.25) is 9.59 Å². The van der Waals surface area contributed by atoms with Gasteiger partial charge < -0.3 is 18.9 Å². The van der Waals surface area contributed by atoms with Crippen LogP contribution in [0.15, 0.2) is 24.3 Å². The molecule has 2 aliphatic rings. The highest BCUT2D eigenvalue weighted by Crippen LogP contribution is 2.31. The van der Waals surface area contributed by atoms with E-state index in [1.54, 1.807) is 0 Å². The quantitative estimate of drug-likeness (QED) is 0.0305. The second-order valence-corrected chi connectivity index (χ2v) is 13.6. The largest absolute Gasteiger partial charge is 0.466 e. The Morgan fingerprint density at radius 2 is 0.891 bits per heavy atom. The van der Waals surface area contributed by atoms with Crippen molar-refractivity contribution in [3.8, 4) is 0 Å². The Morgan fingerprint density at radius 3 is 1.33 bits per heavy atom. The zero-order chi connectivity index (χ0) is 32.9. The maximum Gasteiger partial charge on any atom is 0.305 e. The Morgan fingerprint density at radius 1 is 0.478 bits per heavy atom. The first-order valence-corrected chi connectivity index (χ1v) is 19.6. The summed E-state index contributed by atoms with van der Waals surface area (Å²) in [5.74, 6) is -0.212. The molecule has 0 bridgehead atoms. The van der Waals surface area contributed by atoms with Gasteiger partial charge in [0.15, 0.2) is 0 Å². The monoisotopic (exact) mass is 647 g/mol. The molecule has 0 aromatic carbocycles. The predicted octanol–water partition coefficient (Wildman–Crippen LogP) is 10.9. The number of carbonyl (C=O) groups is 2. The van der Waals surface area contributed by atoms with Crippen LogP contribution < -0.4 is 0 Å². The number of unbranched alkanes of at least 4 members (excludes halogenated alkanes) is 15. The molecule has 0 spiro atoms. The molecule has 2 heterocycles. The summed E-state index contributed by atoms with van der Waals surface area (Å²) in [5, 5.41) is 0. The van der Waals surface area contributed by atoms with E-state index in [1.165, 1.54) is 89.9 Å². The van der Waals surface area contributed by atoms with Crippen LogP contribution in [0.1, 0.15) is 181 Å². The van der Waals surface area contributed by atoms with E-state index < -0.39 is 0 Å². The summed E-state index contributed by atoms with van der Waals surface area (Å²) >= 11 is 0. The summed E-state index contributed by atoms with van der Waals surface area (Å²) in [4.78, 5) is 23.9. The van der Waals surface area contributed by atoms with Gasteiger partial charge in [0.2, 0.25) is 0 Å².